The maximum Gasteiger partial charge on any atom is 0.436 e. The number of hydrogen-bond donors (Lipinski definition) is 2. The molecule has 4 amide bonds. The second-order valence-corrected chi connectivity index (χ2v) is 4.03. The van der Waals surface area contributed by atoms with Crippen LogP contribution in [-0.4, -0.2) is 28.9 Å². The zero-order valence-corrected chi connectivity index (χ0v) is 10.3. The van der Waals surface area contributed by atoms with Gasteiger partial charge in [0, 0.05) is 24.1 Å². The molecular weight excluding hydrogens is 266 g/mol. The van der Waals surface area contributed by atoms with Crippen molar-refractivity contribution >= 4 is 29.5 Å². The van der Waals surface area contributed by atoms with E-state index in [0.29, 0.717) is 10.8 Å². The zero-order valence-electron chi connectivity index (χ0n) is 10.3. The average Bonchev–Trinajstić information content (AvgIpc) is 2.71. The lowest BCUT2D eigenvalue weighted by atomic mass is 10.2. The number of carbonyl (C=O) groups excluding carboxylic acids is 4. The first-order valence-electron chi connectivity index (χ1n) is 5.72. The van der Waals surface area contributed by atoms with Gasteiger partial charge in [-0.25, -0.2) is 4.79 Å². The Labute approximate surface area is 113 Å². The molecular formula is C12H11N3O5. The van der Waals surface area contributed by atoms with Gasteiger partial charge in [0.15, 0.2) is 0 Å². The predicted octanol–water partition coefficient (Wildman–Crippen LogP) is 0.398. The third kappa shape index (κ3) is 2.91. The molecule has 104 valence electrons. The van der Waals surface area contributed by atoms with Crippen molar-refractivity contribution < 1.29 is 24.0 Å². The fourth-order valence-corrected chi connectivity index (χ4v) is 1.60. The molecule has 0 atom stereocenters. The quantitative estimate of drug-likeness (QED) is 0.775. The first-order valence-corrected chi connectivity index (χ1v) is 5.72. The number of benzene rings is 1. The van der Waals surface area contributed by atoms with E-state index in [-0.39, 0.29) is 18.4 Å². The van der Waals surface area contributed by atoms with E-state index in [1.54, 1.807) is 0 Å². The van der Waals surface area contributed by atoms with Gasteiger partial charge in [0.05, 0.1) is 0 Å². The highest BCUT2D eigenvalue weighted by Gasteiger charge is 2.32. The Morgan fingerprint density at radius 1 is 1.10 bits per heavy atom. The third-order valence-corrected chi connectivity index (χ3v) is 2.60. The average molecular weight is 277 g/mol. The molecule has 0 spiro atoms. The van der Waals surface area contributed by atoms with E-state index < -0.39 is 23.8 Å². The van der Waals surface area contributed by atoms with Crippen LogP contribution < -0.4 is 11.1 Å². The van der Waals surface area contributed by atoms with E-state index in [9.17, 15) is 19.2 Å². The van der Waals surface area contributed by atoms with Crippen LogP contribution in [0.3, 0.4) is 0 Å². The highest BCUT2D eigenvalue weighted by molar-refractivity contribution is 6.02. The fourth-order valence-electron chi connectivity index (χ4n) is 1.60. The van der Waals surface area contributed by atoms with Crippen molar-refractivity contribution in [3.05, 3.63) is 29.8 Å². The van der Waals surface area contributed by atoms with Crippen LogP contribution >= 0.6 is 0 Å². The smallest absolute Gasteiger partial charge is 0.366 e. The van der Waals surface area contributed by atoms with E-state index in [2.05, 4.69) is 10.2 Å². The Morgan fingerprint density at radius 2 is 1.65 bits per heavy atom. The first kappa shape index (κ1) is 13.5. The molecule has 20 heavy (non-hydrogen) atoms. The number of amides is 4. The van der Waals surface area contributed by atoms with E-state index >= 15 is 0 Å². The molecule has 3 N–H and O–H groups in total. The van der Waals surface area contributed by atoms with Gasteiger partial charge in [-0.15, -0.1) is 5.06 Å². The summed E-state index contributed by atoms with van der Waals surface area (Å²) >= 11 is 0. The number of nitrogens with zero attached hydrogens (tertiary/aromatic N) is 1. The van der Waals surface area contributed by atoms with Gasteiger partial charge in [0.2, 0.25) is 5.91 Å². The summed E-state index contributed by atoms with van der Waals surface area (Å²) in [6.45, 7) is 0. The van der Waals surface area contributed by atoms with Crippen LogP contribution in [0.25, 0.3) is 0 Å². The van der Waals surface area contributed by atoms with Crippen LogP contribution in [-0.2, 0) is 14.4 Å². The van der Waals surface area contributed by atoms with E-state index in [0.717, 1.165) is 0 Å². The van der Waals surface area contributed by atoms with Crippen molar-refractivity contribution in [2.24, 2.45) is 5.73 Å². The molecule has 0 unspecified atom stereocenters. The number of nitrogens with two attached hydrogens (primary N) is 1. The Bertz CT molecular complexity index is 565. The molecule has 8 heteroatoms. The van der Waals surface area contributed by atoms with Crippen molar-refractivity contribution in [1.82, 2.24) is 5.06 Å². The summed E-state index contributed by atoms with van der Waals surface area (Å²) in [5.74, 6) is -1.71. The molecule has 0 aliphatic carbocycles. The lowest BCUT2D eigenvalue weighted by Gasteiger charge is -2.13. The molecule has 2 rings (SSSR count). The van der Waals surface area contributed by atoms with Crippen LogP contribution in [0.5, 0.6) is 0 Å². The summed E-state index contributed by atoms with van der Waals surface area (Å²) in [7, 11) is 0. The Balaban J connectivity index is 1.96. The fraction of sp³-hybridized carbons (Fsp3) is 0.167. The van der Waals surface area contributed by atoms with E-state index in [1.807, 2.05) is 0 Å². The first-order chi connectivity index (χ1) is 9.47. The lowest BCUT2D eigenvalue weighted by molar-refractivity contribution is -0.170. The second kappa shape index (κ2) is 5.39. The van der Waals surface area contributed by atoms with Gasteiger partial charge in [-0.3, -0.25) is 19.7 Å². The maximum absolute atomic E-state index is 11.5. The molecule has 1 saturated heterocycles. The third-order valence-electron chi connectivity index (χ3n) is 2.60. The molecule has 1 aromatic rings. The number of primary amides is 1. The number of imide groups is 1. The molecule has 1 aromatic carbocycles. The molecule has 8 nitrogen and oxygen atoms in total. The lowest BCUT2D eigenvalue weighted by Crippen LogP contribution is -2.33. The molecule has 0 radical (unpaired) electrons. The van der Waals surface area contributed by atoms with Gasteiger partial charge in [-0.2, -0.15) is 0 Å². The van der Waals surface area contributed by atoms with Crippen LogP contribution in [0.4, 0.5) is 10.5 Å². The van der Waals surface area contributed by atoms with Crippen LogP contribution in [0, 0.1) is 0 Å². The minimum Gasteiger partial charge on any atom is -0.366 e. The number of anilines is 1. The summed E-state index contributed by atoms with van der Waals surface area (Å²) in [5.41, 5.74) is 5.69. The van der Waals surface area contributed by atoms with Gasteiger partial charge in [-0.1, -0.05) is 0 Å². The number of carbonyl (C=O) groups is 4. The standard InChI is InChI=1S/C12H11N3O5/c13-11(18)7-1-3-8(4-2-7)14-12(19)20-15-9(16)5-6-10(15)17/h1-4H,5-6H2,(H2,13,18)(H,14,19). The molecule has 1 fully saturated rings. The number of nitrogens with one attached hydrogen (secondary N) is 1. The Kier molecular flexibility index (Phi) is 3.65. The number of rotatable bonds is 3. The van der Waals surface area contributed by atoms with Gasteiger partial charge >= 0.3 is 6.09 Å². The van der Waals surface area contributed by atoms with Crippen molar-refractivity contribution in [2.75, 3.05) is 5.32 Å². The largest absolute Gasteiger partial charge is 0.436 e. The van der Waals surface area contributed by atoms with Crippen LogP contribution in [0.2, 0.25) is 0 Å². The van der Waals surface area contributed by atoms with E-state index in [4.69, 9.17) is 5.73 Å². The summed E-state index contributed by atoms with van der Waals surface area (Å²) < 4.78 is 0. The van der Waals surface area contributed by atoms with Crippen molar-refractivity contribution in [2.45, 2.75) is 12.8 Å². The van der Waals surface area contributed by atoms with Gasteiger partial charge in [-0.05, 0) is 24.3 Å². The van der Waals surface area contributed by atoms with Crippen molar-refractivity contribution in [1.29, 1.82) is 0 Å². The zero-order chi connectivity index (χ0) is 14.7. The topological polar surface area (TPSA) is 119 Å². The normalized spacial score (nSPS) is 14.3. The van der Waals surface area contributed by atoms with Gasteiger partial charge < -0.3 is 10.6 Å². The predicted molar refractivity (Wildman–Crippen MR) is 66.2 cm³/mol. The van der Waals surface area contributed by atoms with Crippen LogP contribution in [0.1, 0.15) is 23.2 Å². The minimum atomic E-state index is -0.972. The summed E-state index contributed by atoms with van der Waals surface area (Å²) in [6, 6.07) is 5.72. The maximum atomic E-state index is 11.5. The molecule has 0 aromatic heterocycles. The van der Waals surface area contributed by atoms with E-state index in [1.165, 1.54) is 24.3 Å². The summed E-state index contributed by atoms with van der Waals surface area (Å²) in [4.78, 5) is 49.5. The highest BCUT2D eigenvalue weighted by atomic mass is 16.7. The van der Waals surface area contributed by atoms with Crippen molar-refractivity contribution in [3.63, 3.8) is 0 Å². The number of hydrogen-bond acceptors (Lipinski definition) is 5. The SMILES string of the molecule is NC(=O)c1ccc(NC(=O)ON2C(=O)CCC2=O)cc1. The molecule has 1 heterocycles. The van der Waals surface area contributed by atoms with Crippen molar-refractivity contribution in [3.8, 4) is 0 Å². The Hall–Kier alpha value is -2.90. The monoisotopic (exact) mass is 277 g/mol. The summed E-state index contributed by atoms with van der Waals surface area (Å²) in [5, 5.41) is 2.75. The summed E-state index contributed by atoms with van der Waals surface area (Å²) in [6.07, 6.45) is -0.917. The van der Waals surface area contributed by atoms with Crippen LogP contribution in [0.15, 0.2) is 24.3 Å². The highest BCUT2D eigenvalue weighted by Crippen LogP contribution is 2.14. The Morgan fingerprint density at radius 3 is 2.15 bits per heavy atom. The molecule has 0 saturated carbocycles. The molecule has 1 aliphatic heterocycles. The van der Waals surface area contributed by atoms with Gasteiger partial charge in [0.25, 0.3) is 11.8 Å². The molecule has 1 aliphatic rings. The van der Waals surface area contributed by atoms with Gasteiger partial charge in [0.1, 0.15) is 0 Å². The number of hydroxylamine groups is 2. The molecule has 0 bridgehead atoms. The second-order valence-electron chi connectivity index (χ2n) is 4.03. The minimum absolute atomic E-state index is 0.0272.